The molecule has 3 fully saturated rings. The van der Waals surface area contributed by atoms with Crippen LogP contribution >= 0.6 is 10.5 Å². The first kappa shape index (κ1) is 25.3. The normalized spacial score (nSPS) is 27.8. The minimum atomic E-state index is -1.38. The summed E-state index contributed by atoms with van der Waals surface area (Å²) < 4.78 is 14.4. The van der Waals surface area contributed by atoms with E-state index in [0.29, 0.717) is 19.7 Å². The third-order valence-corrected chi connectivity index (χ3v) is 8.54. The van der Waals surface area contributed by atoms with Gasteiger partial charge in [-0.15, -0.1) is 0 Å². The molecule has 190 valence electrons. The van der Waals surface area contributed by atoms with Crippen LogP contribution < -0.4 is 5.48 Å². The minimum Gasteiger partial charge on any atom is -0.444 e. The van der Waals surface area contributed by atoms with Crippen LogP contribution in [-0.4, -0.2) is 77.1 Å². The van der Waals surface area contributed by atoms with E-state index in [9.17, 15) is 4.79 Å². The summed E-state index contributed by atoms with van der Waals surface area (Å²) >= 11 is 0. The summed E-state index contributed by atoms with van der Waals surface area (Å²) in [5, 5.41) is 0. The molecule has 4 rings (SSSR count). The number of benzene rings is 1. The molecule has 0 bridgehead atoms. The van der Waals surface area contributed by atoms with E-state index in [1.54, 1.807) is 4.90 Å². The lowest BCUT2D eigenvalue weighted by atomic mass is 10.0. The van der Waals surface area contributed by atoms with Crippen molar-refractivity contribution in [2.24, 2.45) is 4.99 Å². The van der Waals surface area contributed by atoms with Crippen LogP contribution in [0.1, 0.15) is 52.0 Å². The topological polar surface area (TPSA) is 75.6 Å². The van der Waals surface area contributed by atoms with E-state index in [4.69, 9.17) is 18.7 Å². The van der Waals surface area contributed by atoms with E-state index >= 15 is 0 Å². The molecule has 1 amide bonds. The second-order valence-electron chi connectivity index (χ2n) is 10.7. The van der Waals surface area contributed by atoms with Crippen molar-refractivity contribution < 1.29 is 18.6 Å². The number of nitrogens with zero attached hydrogens (tertiary/aromatic N) is 3. The summed E-state index contributed by atoms with van der Waals surface area (Å²) in [7, 11) is -1.38. The van der Waals surface area contributed by atoms with Crippen LogP contribution in [0.4, 0.5) is 4.79 Å². The number of hydrogen-bond acceptors (Lipinski definition) is 7. The Hall–Kier alpha value is -1.81. The minimum absolute atomic E-state index is 0.189. The number of hydroxylamine groups is 1. The van der Waals surface area contributed by atoms with Crippen molar-refractivity contribution in [3.05, 3.63) is 35.9 Å². The van der Waals surface area contributed by atoms with Gasteiger partial charge in [0.1, 0.15) is 5.60 Å². The van der Waals surface area contributed by atoms with Crippen molar-refractivity contribution in [3.63, 3.8) is 0 Å². The van der Waals surface area contributed by atoms with Crippen molar-refractivity contribution in [1.82, 2.24) is 14.7 Å². The molecule has 0 unspecified atom stereocenters. The van der Waals surface area contributed by atoms with Crippen molar-refractivity contribution in [1.29, 1.82) is 0 Å². The lowest BCUT2D eigenvalue weighted by molar-refractivity contribution is -0.00880. The molecule has 3 aliphatic rings. The Bertz CT molecular complexity index is 865. The van der Waals surface area contributed by atoms with Gasteiger partial charge in [-0.25, -0.2) is 14.1 Å². The highest BCUT2D eigenvalue weighted by atomic mass is 32.3. The average Bonchev–Trinajstić information content (AvgIpc) is 3.03. The van der Waals surface area contributed by atoms with Gasteiger partial charge in [-0.1, -0.05) is 30.3 Å². The maximum absolute atomic E-state index is 12.3. The van der Waals surface area contributed by atoms with Crippen molar-refractivity contribution >= 4 is 22.5 Å². The van der Waals surface area contributed by atoms with Crippen LogP contribution in [0.5, 0.6) is 0 Å². The van der Waals surface area contributed by atoms with Gasteiger partial charge in [0, 0.05) is 38.2 Å². The number of fused-ring (bicyclic) bond motifs is 1. The number of carbonyl (C=O) groups excluding carboxylic acids is 1. The monoisotopic (exact) mass is 492 g/mol. The summed E-state index contributed by atoms with van der Waals surface area (Å²) in [5.74, 6) is 0.888. The quantitative estimate of drug-likeness (QED) is 0.619. The molecule has 3 aliphatic heterocycles. The van der Waals surface area contributed by atoms with Crippen LogP contribution in [0.15, 0.2) is 35.3 Å². The molecular weight excluding hydrogens is 452 g/mol. The van der Waals surface area contributed by atoms with Gasteiger partial charge in [0.15, 0.2) is 0 Å². The van der Waals surface area contributed by atoms with E-state index in [-0.39, 0.29) is 24.2 Å². The molecular formula is C25H40N4O4S. The van der Waals surface area contributed by atoms with Gasteiger partial charge in [0.2, 0.25) is 5.90 Å². The van der Waals surface area contributed by atoms with E-state index in [2.05, 4.69) is 34.4 Å². The zero-order chi connectivity index (χ0) is 24.3. The average molecular weight is 493 g/mol. The Balaban J connectivity index is 1.29. The van der Waals surface area contributed by atoms with Crippen LogP contribution in [0.2, 0.25) is 0 Å². The lowest BCUT2D eigenvalue weighted by Crippen LogP contribution is -2.49. The number of carbonyl (C=O) groups is 1. The summed E-state index contributed by atoms with van der Waals surface area (Å²) in [6.45, 7) is 8.49. The Morgan fingerprint density at radius 1 is 1.15 bits per heavy atom. The molecule has 1 N–H and O–H groups in total. The second kappa shape index (κ2) is 10.4. The fourth-order valence-electron chi connectivity index (χ4n) is 4.69. The van der Waals surface area contributed by atoms with Gasteiger partial charge in [0.05, 0.1) is 18.7 Å². The molecule has 0 aliphatic carbocycles. The first-order chi connectivity index (χ1) is 16.1. The number of amides is 1. The summed E-state index contributed by atoms with van der Waals surface area (Å²) in [4.78, 5) is 25.0. The summed E-state index contributed by atoms with van der Waals surface area (Å²) in [6.07, 6.45) is 7.86. The smallest absolute Gasteiger partial charge is 0.410 e. The largest absolute Gasteiger partial charge is 0.444 e. The predicted octanol–water partition coefficient (Wildman–Crippen LogP) is 4.26. The lowest BCUT2D eigenvalue weighted by Gasteiger charge is -2.41. The molecule has 8 nitrogen and oxygen atoms in total. The first-order valence-corrected chi connectivity index (χ1v) is 14.6. The zero-order valence-corrected chi connectivity index (χ0v) is 22.0. The number of ether oxygens (including phenoxy) is 1. The Morgan fingerprint density at radius 2 is 1.85 bits per heavy atom. The Kier molecular flexibility index (Phi) is 7.76. The molecule has 1 aromatic carbocycles. The second-order valence-corrected chi connectivity index (χ2v) is 13.7. The third-order valence-electron chi connectivity index (χ3n) is 6.43. The molecule has 1 aromatic rings. The highest BCUT2D eigenvalue weighted by Crippen LogP contribution is 2.55. The van der Waals surface area contributed by atoms with Crippen molar-refractivity contribution in [2.45, 2.75) is 76.8 Å². The summed E-state index contributed by atoms with van der Waals surface area (Å²) in [6, 6.07) is 10.9. The molecule has 0 saturated carbocycles. The van der Waals surface area contributed by atoms with Gasteiger partial charge in [-0.3, -0.25) is 4.84 Å². The van der Waals surface area contributed by atoms with Crippen LogP contribution in [0, 0.1) is 0 Å². The van der Waals surface area contributed by atoms with E-state index in [1.807, 2.05) is 39.0 Å². The standard InChI is InChI=1S/C25H40N4O4S/c1-25(2,3)32-24(30)28-15-13-20(14-16-28)26-23-22-12-11-21(17-29(22)34(4,5)33-23)27-31-18-19-9-7-6-8-10-19/h6-10,20-22,27H,11-18H2,1-5H3/t21-,22+/m1/s1. The van der Waals surface area contributed by atoms with E-state index in [0.717, 1.165) is 43.7 Å². The number of nitrogens with one attached hydrogen (secondary N) is 1. The molecule has 34 heavy (non-hydrogen) atoms. The van der Waals surface area contributed by atoms with Gasteiger partial charge in [-0.05, 0) is 62.5 Å². The molecule has 0 radical (unpaired) electrons. The van der Waals surface area contributed by atoms with Crippen LogP contribution in [-0.2, 0) is 20.4 Å². The molecule has 0 aromatic heterocycles. The Morgan fingerprint density at radius 3 is 2.53 bits per heavy atom. The van der Waals surface area contributed by atoms with Crippen LogP contribution in [0.3, 0.4) is 0 Å². The summed E-state index contributed by atoms with van der Waals surface area (Å²) in [5.41, 5.74) is 3.97. The van der Waals surface area contributed by atoms with Gasteiger partial charge in [-0.2, -0.15) is 5.48 Å². The molecule has 3 heterocycles. The Labute approximate surface area is 205 Å². The zero-order valence-electron chi connectivity index (χ0n) is 21.2. The number of hydrogen-bond donors (Lipinski definition) is 1. The van der Waals surface area contributed by atoms with Crippen molar-refractivity contribution in [3.8, 4) is 0 Å². The molecule has 3 saturated heterocycles. The van der Waals surface area contributed by atoms with Gasteiger partial charge in [0.25, 0.3) is 0 Å². The maximum Gasteiger partial charge on any atom is 0.410 e. The van der Waals surface area contributed by atoms with Gasteiger partial charge >= 0.3 is 6.09 Å². The SMILES string of the molecule is CC(C)(C)OC(=O)N1CCC(N=C2OS(C)(C)N3C[C@H](NOCc4ccccc4)CC[C@@H]23)CC1. The van der Waals surface area contributed by atoms with Gasteiger partial charge < -0.3 is 13.8 Å². The first-order valence-electron chi connectivity index (χ1n) is 12.3. The number of rotatable bonds is 5. The molecule has 0 spiro atoms. The van der Waals surface area contributed by atoms with E-state index in [1.165, 1.54) is 0 Å². The molecule has 9 heteroatoms. The van der Waals surface area contributed by atoms with Crippen LogP contribution in [0.25, 0.3) is 0 Å². The third kappa shape index (κ3) is 6.44. The highest BCUT2D eigenvalue weighted by Gasteiger charge is 2.47. The van der Waals surface area contributed by atoms with E-state index < -0.39 is 16.1 Å². The fraction of sp³-hybridized carbons (Fsp3) is 0.680. The predicted molar refractivity (Wildman–Crippen MR) is 137 cm³/mol. The van der Waals surface area contributed by atoms with Crippen molar-refractivity contribution in [2.75, 3.05) is 32.1 Å². The number of likely N-dealkylation sites (tertiary alicyclic amines) is 1. The molecule has 2 atom stereocenters. The highest BCUT2D eigenvalue weighted by molar-refractivity contribution is 8.27. The maximum atomic E-state index is 12.3. The fourth-order valence-corrected chi connectivity index (χ4v) is 6.70. The number of aliphatic imine (C=N–C) groups is 1. The number of piperidine rings is 2.